The van der Waals surface area contributed by atoms with Crippen LogP contribution in [0.4, 0.5) is 0 Å². The number of nitrogens with zero attached hydrogens (tertiary/aromatic N) is 2. The second kappa shape index (κ2) is 14.0. The van der Waals surface area contributed by atoms with Crippen LogP contribution in [0.25, 0.3) is 5.57 Å². The molecule has 1 amide bonds. The van der Waals surface area contributed by atoms with Crippen molar-refractivity contribution < 1.29 is 23.8 Å². The number of oxazole rings is 1. The number of carbonyl (C=O) groups excluding carboxylic acids is 1. The normalized spacial score (nSPS) is 18.1. The number of carbonyl (C=O) groups is 2. The Morgan fingerprint density at radius 2 is 1.93 bits per heavy atom. The van der Waals surface area contributed by atoms with Gasteiger partial charge in [-0.05, 0) is 82.6 Å². The Balaban J connectivity index is 0.000000892. The van der Waals surface area contributed by atoms with Crippen molar-refractivity contribution in [2.24, 2.45) is 11.1 Å². The smallest absolute Gasteiger partial charge is 0.331 e. The second-order valence-corrected chi connectivity index (χ2v) is 12.5. The average molecular weight is 578 g/mol. The maximum atomic E-state index is 12.7. The summed E-state index contributed by atoms with van der Waals surface area (Å²) in [6.45, 7) is 16.9. The highest BCUT2D eigenvalue weighted by Crippen LogP contribution is 2.47. The monoisotopic (exact) mass is 577 g/mol. The third kappa shape index (κ3) is 8.68. The summed E-state index contributed by atoms with van der Waals surface area (Å²) in [6, 6.07) is 4.43. The lowest BCUT2D eigenvalue weighted by Crippen LogP contribution is -2.42. The average Bonchev–Trinajstić information content (AvgIpc) is 3.52. The summed E-state index contributed by atoms with van der Waals surface area (Å²) < 4.78 is 12.0. The molecule has 0 spiro atoms. The van der Waals surface area contributed by atoms with Crippen molar-refractivity contribution in [2.45, 2.75) is 91.6 Å². The van der Waals surface area contributed by atoms with Crippen molar-refractivity contribution in [3.63, 3.8) is 0 Å². The first-order valence-corrected chi connectivity index (χ1v) is 14.8. The van der Waals surface area contributed by atoms with Crippen LogP contribution in [0.5, 0.6) is 5.75 Å². The molecule has 1 saturated carbocycles. The fourth-order valence-electron chi connectivity index (χ4n) is 5.30. The SMILES string of the molecule is C=C(c1nc(CCOc2ccc3c(c2)C(C(=O)O)N(C(=O)C=CC=CC)CC3)c(C)o1)C1(C)CCCC1.CC(C)(C)N. The van der Waals surface area contributed by atoms with Crippen LogP contribution in [0.1, 0.15) is 94.8 Å². The van der Waals surface area contributed by atoms with Gasteiger partial charge in [-0.25, -0.2) is 9.78 Å². The first-order valence-electron chi connectivity index (χ1n) is 14.8. The van der Waals surface area contributed by atoms with Crippen LogP contribution in [-0.2, 0) is 22.4 Å². The van der Waals surface area contributed by atoms with Crippen LogP contribution >= 0.6 is 0 Å². The third-order valence-electron chi connectivity index (χ3n) is 7.60. The van der Waals surface area contributed by atoms with Crippen molar-refractivity contribution in [3.8, 4) is 5.75 Å². The summed E-state index contributed by atoms with van der Waals surface area (Å²) in [5.74, 6) is 0.551. The van der Waals surface area contributed by atoms with Gasteiger partial charge in [0.25, 0.3) is 0 Å². The van der Waals surface area contributed by atoms with Gasteiger partial charge in [-0.3, -0.25) is 4.79 Å². The lowest BCUT2D eigenvalue weighted by molar-refractivity contribution is -0.149. The summed E-state index contributed by atoms with van der Waals surface area (Å²) in [5.41, 5.74) is 8.71. The molecule has 2 heterocycles. The molecule has 1 atom stereocenters. The standard InChI is InChI=1S/C30H36N2O5.C4H11N/c1-5-6-7-10-26(33)32-17-13-22-11-12-23(19-24(22)27(32)29(34)35)36-18-14-25-21(3)37-28(31-25)20(2)30(4)15-8-9-16-30;1-4(2,3)5/h5-7,10-12,19,27H,2,8-9,13-18H2,1,3-4H3,(H,34,35);5H2,1-3H3. The Kier molecular flexibility index (Phi) is 11.0. The number of benzene rings is 1. The Bertz CT molecular complexity index is 1320. The highest BCUT2D eigenvalue weighted by Gasteiger charge is 2.36. The van der Waals surface area contributed by atoms with Crippen LogP contribution < -0.4 is 10.5 Å². The van der Waals surface area contributed by atoms with E-state index in [1.165, 1.54) is 23.8 Å². The summed E-state index contributed by atoms with van der Waals surface area (Å²) >= 11 is 0. The van der Waals surface area contributed by atoms with Crippen molar-refractivity contribution >= 4 is 17.4 Å². The van der Waals surface area contributed by atoms with E-state index in [0.717, 1.165) is 35.4 Å². The maximum Gasteiger partial charge on any atom is 0.331 e. The Morgan fingerprint density at radius 1 is 1.26 bits per heavy atom. The lowest BCUT2D eigenvalue weighted by atomic mass is 9.81. The minimum atomic E-state index is -1.06. The third-order valence-corrected chi connectivity index (χ3v) is 7.60. The molecule has 42 heavy (non-hydrogen) atoms. The zero-order chi connectivity index (χ0) is 31.1. The van der Waals surface area contributed by atoms with Crippen LogP contribution in [-0.4, -0.2) is 45.6 Å². The molecule has 1 fully saturated rings. The number of nitrogens with two attached hydrogens (primary N) is 1. The quantitative estimate of drug-likeness (QED) is 0.255. The molecule has 1 aromatic carbocycles. The zero-order valence-corrected chi connectivity index (χ0v) is 26.0. The number of carboxylic acid groups (broad SMARTS) is 1. The van der Waals surface area contributed by atoms with Crippen molar-refractivity contribution in [3.05, 3.63) is 77.6 Å². The van der Waals surface area contributed by atoms with Gasteiger partial charge < -0.3 is 24.9 Å². The Labute approximate surface area is 250 Å². The Morgan fingerprint density at radius 3 is 2.55 bits per heavy atom. The lowest BCUT2D eigenvalue weighted by Gasteiger charge is -2.34. The molecule has 8 nitrogen and oxygen atoms in total. The molecule has 0 radical (unpaired) electrons. The highest BCUT2D eigenvalue weighted by atomic mass is 16.5. The van der Waals surface area contributed by atoms with Gasteiger partial charge in [0.1, 0.15) is 11.5 Å². The van der Waals surface area contributed by atoms with Gasteiger partial charge in [0.15, 0.2) is 6.04 Å². The molecule has 0 saturated heterocycles. The summed E-state index contributed by atoms with van der Waals surface area (Å²) in [6.07, 6.45) is 12.3. The molecule has 1 aliphatic carbocycles. The molecular formula is C34H47N3O5. The number of carboxylic acids is 1. The minimum Gasteiger partial charge on any atom is -0.493 e. The molecule has 0 bridgehead atoms. The van der Waals surface area contributed by atoms with Crippen LogP contribution in [0.3, 0.4) is 0 Å². The summed E-state index contributed by atoms with van der Waals surface area (Å²) in [4.78, 5) is 31.0. The molecule has 1 aliphatic heterocycles. The zero-order valence-electron chi connectivity index (χ0n) is 26.0. The molecule has 228 valence electrons. The van der Waals surface area contributed by atoms with E-state index >= 15 is 0 Å². The molecular weight excluding hydrogens is 530 g/mol. The van der Waals surface area contributed by atoms with Crippen LogP contribution in [0, 0.1) is 12.3 Å². The van der Waals surface area contributed by atoms with Crippen molar-refractivity contribution in [1.82, 2.24) is 9.88 Å². The summed E-state index contributed by atoms with van der Waals surface area (Å²) in [7, 11) is 0. The number of hydrogen-bond acceptors (Lipinski definition) is 6. The minimum absolute atomic E-state index is 0. The maximum absolute atomic E-state index is 12.7. The highest BCUT2D eigenvalue weighted by molar-refractivity contribution is 5.92. The number of aliphatic carboxylic acids is 1. The number of aromatic nitrogens is 1. The number of hydrogen-bond donors (Lipinski definition) is 2. The number of rotatable bonds is 9. The van der Waals surface area contributed by atoms with E-state index in [1.54, 1.807) is 24.3 Å². The van der Waals surface area contributed by atoms with E-state index in [9.17, 15) is 14.7 Å². The molecule has 4 rings (SSSR count). The van der Waals surface area contributed by atoms with Crippen LogP contribution in [0.15, 0.2) is 53.5 Å². The number of amides is 1. The fourth-order valence-corrected chi connectivity index (χ4v) is 5.30. The van der Waals surface area contributed by atoms with Gasteiger partial charge in [-0.1, -0.05) is 50.6 Å². The molecule has 2 aliphatic rings. The summed E-state index contributed by atoms with van der Waals surface area (Å²) in [5, 5.41) is 9.97. The molecule has 3 N–H and O–H groups in total. The topological polar surface area (TPSA) is 119 Å². The number of ether oxygens (including phenoxy) is 1. The van der Waals surface area contributed by atoms with Gasteiger partial charge in [0.2, 0.25) is 11.8 Å². The second-order valence-electron chi connectivity index (χ2n) is 12.5. The largest absolute Gasteiger partial charge is 0.493 e. The van der Waals surface area contributed by atoms with E-state index in [1.807, 2.05) is 46.8 Å². The molecule has 1 aromatic heterocycles. The van der Waals surface area contributed by atoms with E-state index in [2.05, 4.69) is 13.5 Å². The van der Waals surface area contributed by atoms with Gasteiger partial charge in [0.05, 0.1) is 12.3 Å². The fraction of sp³-hybridized carbons (Fsp3) is 0.500. The van der Waals surface area contributed by atoms with Gasteiger partial charge in [-0.2, -0.15) is 0 Å². The van der Waals surface area contributed by atoms with Crippen molar-refractivity contribution in [2.75, 3.05) is 13.2 Å². The number of allylic oxidation sites excluding steroid dienone is 4. The predicted molar refractivity (Wildman–Crippen MR) is 166 cm³/mol. The molecule has 1 unspecified atom stereocenters. The van der Waals surface area contributed by atoms with Crippen LogP contribution in [0.2, 0.25) is 0 Å². The van der Waals surface area contributed by atoms with Crippen molar-refractivity contribution in [1.29, 1.82) is 0 Å². The first-order chi connectivity index (χ1) is 19.7. The first kappa shape index (κ1) is 32.9. The van der Waals surface area contributed by atoms with E-state index in [-0.39, 0.29) is 16.9 Å². The van der Waals surface area contributed by atoms with Gasteiger partial charge in [0, 0.05) is 30.2 Å². The molecule has 8 heteroatoms. The number of fused-ring (bicyclic) bond motifs is 1. The van der Waals surface area contributed by atoms with E-state index in [0.29, 0.717) is 43.2 Å². The number of aryl methyl sites for hydroxylation is 1. The van der Waals surface area contributed by atoms with Gasteiger partial charge in [-0.15, -0.1) is 0 Å². The van der Waals surface area contributed by atoms with Gasteiger partial charge >= 0.3 is 5.97 Å². The predicted octanol–water partition coefficient (Wildman–Crippen LogP) is 6.58. The molecule has 2 aromatic rings. The Hall–Kier alpha value is -3.65. The van der Waals surface area contributed by atoms with E-state index < -0.39 is 12.0 Å². The van der Waals surface area contributed by atoms with E-state index in [4.69, 9.17) is 19.9 Å².